The summed E-state index contributed by atoms with van der Waals surface area (Å²) in [6, 6.07) is 3.66. The first-order valence-electron chi connectivity index (χ1n) is 18.6. The fraction of sp³-hybridized carbons (Fsp3) is 0.475. The minimum atomic E-state index is -0.625. The Kier molecular flexibility index (Phi) is 17.4. The lowest BCUT2D eigenvalue weighted by Gasteiger charge is -2.30. The van der Waals surface area contributed by atoms with E-state index in [0.717, 1.165) is 74.1 Å². The number of urea groups is 1. The number of likely N-dealkylation sites (tertiary alicyclic amines) is 2. The number of carbonyl (C=O) groups is 4. The third-order valence-electron chi connectivity index (χ3n) is 8.89. The number of allylic oxidation sites excluding steroid dienone is 8. The number of H-pyrrole nitrogens is 2. The summed E-state index contributed by atoms with van der Waals surface area (Å²) in [5.74, 6) is 0.550. The molecule has 0 radical (unpaired) electrons. The fourth-order valence-corrected chi connectivity index (χ4v) is 6.00. The molecular formula is C40H58N8O6. The molecule has 1 aliphatic carbocycles. The van der Waals surface area contributed by atoms with Crippen LogP contribution < -0.4 is 10.7 Å². The quantitative estimate of drug-likeness (QED) is 0.155. The maximum Gasteiger partial charge on any atom is 0.425 e. The van der Waals surface area contributed by atoms with Crippen molar-refractivity contribution in [1.29, 1.82) is 0 Å². The monoisotopic (exact) mass is 746 g/mol. The molecule has 2 aromatic rings. The lowest BCUT2D eigenvalue weighted by Crippen LogP contribution is -2.54. The molecule has 3 aliphatic rings. The standard InChI is InChI=1S/C27H31N5O3.C10H19N3O3.C3H8/c1-18(20-10-12-21(13-11-20)22-6-4-14-28-22)8-9-19(2)23-16-29-26(31-23)24-7-5-15-32(24)25(33)17-30-27(34)35-3;1-8(2)13(11-9(14)16-3)10(15)12-6-4-5-7-12;1-3-2/h4,6,8-10,12,14,16,24,28H,1-2,5,7,11,13,15,17H2,3H3,(H,29,31)(H,30,34);8H,4-7H2,1-3H3,(H,11,14);3H2,1-2H3/b9-8-;;. The third kappa shape index (κ3) is 12.6. The summed E-state index contributed by atoms with van der Waals surface area (Å²) in [6.07, 6.45) is 17.5. The van der Waals surface area contributed by atoms with E-state index in [4.69, 9.17) is 0 Å². The number of hydrogen-bond acceptors (Lipinski definition) is 7. The maximum absolute atomic E-state index is 12.6. The number of hydrazine groups is 1. The summed E-state index contributed by atoms with van der Waals surface area (Å²) < 4.78 is 9.01. The van der Waals surface area contributed by atoms with E-state index in [1.807, 2.05) is 38.3 Å². The smallest absolute Gasteiger partial charge is 0.425 e. The van der Waals surface area contributed by atoms with Crippen molar-refractivity contribution in [2.45, 2.75) is 84.7 Å². The Balaban J connectivity index is 0.000000344. The molecule has 2 aromatic heterocycles. The van der Waals surface area contributed by atoms with E-state index < -0.39 is 12.2 Å². The van der Waals surface area contributed by atoms with Gasteiger partial charge in [0.25, 0.3) is 0 Å². The van der Waals surface area contributed by atoms with Crippen LogP contribution >= 0.6 is 0 Å². The molecule has 1 unspecified atom stereocenters. The van der Waals surface area contributed by atoms with Gasteiger partial charge in [-0.05, 0) is 86.8 Å². The Bertz CT molecular complexity index is 1670. The molecule has 14 nitrogen and oxygen atoms in total. The maximum atomic E-state index is 12.6. The number of carbonyl (C=O) groups excluding carboxylic acids is 4. The van der Waals surface area contributed by atoms with Gasteiger partial charge in [-0.1, -0.05) is 57.7 Å². The van der Waals surface area contributed by atoms with Crippen molar-refractivity contribution in [3.05, 3.63) is 90.3 Å². The van der Waals surface area contributed by atoms with Gasteiger partial charge in [0.2, 0.25) is 5.91 Å². The van der Waals surface area contributed by atoms with Crippen molar-refractivity contribution >= 4 is 35.3 Å². The van der Waals surface area contributed by atoms with Crippen LogP contribution in [-0.4, -0.2) is 100 Å². The SMILES string of the molecule is C=C(/C=C\C(=C)c1cnc(C2CCCN2C(=O)CNC(=O)OC)[nH]1)C1=CC=C(c2ccc[nH]2)CC1.CCC.COC(=O)NN(C(=O)N1CCCC1)C(C)C. The summed E-state index contributed by atoms with van der Waals surface area (Å²) in [6.45, 7) is 18.3. The number of amides is 5. The average molecular weight is 747 g/mol. The lowest BCUT2D eigenvalue weighted by molar-refractivity contribution is -0.131. The zero-order valence-electron chi connectivity index (χ0n) is 32.7. The van der Waals surface area contributed by atoms with E-state index in [1.165, 1.54) is 36.8 Å². The molecule has 294 valence electrons. The molecule has 2 fully saturated rings. The molecule has 5 amide bonds. The average Bonchev–Trinajstić information content (AvgIpc) is 4.02. The van der Waals surface area contributed by atoms with E-state index in [0.29, 0.717) is 12.4 Å². The topological polar surface area (TPSA) is 165 Å². The molecule has 0 saturated carbocycles. The van der Waals surface area contributed by atoms with Crippen molar-refractivity contribution in [2.24, 2.45) is 0 Å². The minimum Gasteiger partial charge on any atom is -0.453 e. The van der Waals surface area contributed by atoms with Crippen molar-refractivity contribution in [2.75, 3.05) is 40.4 Å². The van der Waals surface area contributed by atoms with Crippen LogP contribution in [0.1, 0.15) is 95.9 Å². The summed E-state index contributed by atoms with van der Waals surface area (Å²) in [4.78, 5) is 61.5. The number of nitrogens with one attached hydrogen (secondary N) is 4. The molecule has 0 aromatic carbocycles. The highest BCUT2D eigenvalue weighted by atomic mass is 16.5. The first-order chi connectivity index (χ1) is 25.9. The third-order valence-corrected chi connectivity index (χ3v) is 8.89. The highest BCUT2D eigenvalue weighted by molar-refractivity contribution is 5.83. The van der Waals surface area contributed by atoms with Crippen molar-refractivity contribution < 1.29 is 28.7 Å². The second-order valence-corrected chi connectivity index (χ2v) is 13.4. The second kappa shape index (κ2) is 21.9. The van der Waals surface area contributed by atoms with Gasteiger partial charge in [0.05, 0.1) is 32.2 Å². The van der Waals surface area contributed by atoms with Gasteiger partial charge in [0.1, 0.15) is 12.4 Å². The van der Waals surface area contributed by atoms with E-state index >= 15 is 0 Å². The summed E-state index contributed by atoms with van der Waals surface area (Å²) in [5, 5.41) is 3.75. The van der Waals surface area contributed by atoms with Crippen LogP contribution in [0.5, 0.6) is 0 Å². The van der Waals surface area contributed by atoms with Crippen LogP contribution in [0.2, 0.25) is 0 Å². The second-order valence-electron chi connectivity index (χ2n) is 13.4. The molecule has 54 heavy (non-hydrogen) atoms. The van der Waals surface area contributed by atoms with Gasteiger partial charge in [0, 0.05) is 37.6 Å². The summed E-state index contributed by atoms with van der Waals surface area (Å²) in [5.41, 5.74) is 8.62. The molecule has 4 heterocycles. The molecule has 0 bridgehead atoms. The number of aromatic amines is 2. The Labute approximate surface area is 319 Å². The predicted molar refractivity (Wildman–Crippen MR) is 211 cm³/mol. The van der Waals surface area contributed by atoms with Crippen molar-refractivity contribution in [1.82, 2.24) is 40.5 Å². The Morgan fingerprint density at radius 2 is 1.69 bits per heavy atom. The van der Waals surface area contributed by atoms with E-state index in [1.54, 1.807) is 16.0 Å². The number of hydrogen-bond donors (Lipinski definition) is 4. The van der Waals surface area contributed by atoms with E-state index in [2.05, 4.69) is 80.4 Å². The molecule has 4 N–H and O–H groups in total. The lowest BCUT2D eigenvalue weighted by atomic mass is 9.92. The van der Waals surface area contributed by atoms with Gasteiger partial charge < -0.3 is 34.6 Å². The minimum absolute atomic E-state index is 0.104. The highest BCUT2D eigenvalue weighted by Gasteiger charge is 2.32. The van der Waals surface area contributed by atoms with Crippen molar-refractivity contribution in [3.8, 4) is 0 Å². The van der Waals surface area contributed by atoms with Crippen LogP contribution in [0.15, 0.2) is 73.1 Å². The zero-order valence-corrected chi connectivity index (χ0v) is 32.7. The molecular weight excluding hydrogens is 688 g/mol. The predicted octanol–water partition coefficient (Wildman–Crippen LogP) is 7.29. The molecule has 2 aliphatic heterocycles. The van der Waals surface area contributed by atoms with Gasteiger partial charge >= 0.3 is 18.2 Å². The Hall–Kier alpha value is -5.53. The molecule has 14 heteroatoms. The number of nitrogens with zero attached hydrogens (tertiary/aromatic N) is 4. The van der Waals surface area contributed by atoms with Crippen LogP contribution in [0.25, 0.3) is 11.1 Å². The Morgan fingerprint density at radius 3 is 2.28 bits per heavy atom. The van der Waals surface area contributed by atoms with Gasteiger partial charge in [-0.25, -0.2) is 29.8 Å². The normalized spacial score (nSPS) is 16.3. The first kappa shape index (κ1) is 42.9. The van der Waals surface area contributed by atoms with Crippen LogP contribution in [0, 0.1) is 0 Å². The Morgan fingerprint density at radius 1 is 1.00 bits per heavy atom. The number of ether oxygens (including phenoxy) is 2. The largest absolute Gasteiger partial charge is 0.453 e. The van der Waals surface area contributed by atoms with Gasteiger partial charge in [-0.3, -0.25) is 4.79 Å². The molecule has 2 saturated heterocycles. The van der Waals surface area contributed by atoms with Crippen LogP contribution in [0.3, 0.4) is 0 Å². The molecule has 5 rings (SSSR count). The number of imidazole rings is 1. The highest BCUT2D eigenvalue weighted by Crippen LogP contribution is 2.32. The van der Waals surface area contributed by atoms with E-state index in [-0.39, 0.29) is 30.6 Å². The van der Waals surface area contributed by atoms with Gasteiger partial charge in [-0.15, -0.1) is 0 Å². The van der Waals surface area contributed by atoms with Gasteiger partial charge in [0.15, 0.2) is 0 Å². The van der Waals surface area contributed by atoms with Gasteiger partial charge in [-0.2, -0.15) is 0 Å². The number of alkyl carbamates (subject to hydrolysis) is 1. The summed E-state index contributed by atoms with van der Waals surface area (Å²) in [7, 11) is 2.54. The number of methoxy groups -OCH3 is 2. The van der Waals surface area contributed by atoms with Crippen LogP contribution in [0.4, 0.5) is 14.4 Å². The fourth-order valence-electron chi connectivity index (χ4n) is 6.00. The zero-order chi connectivity index (χ0) is 39.6. The number of rotatable bonds is 9. The molecule has 0 spiro atoms. The summed E-state index contributed by atoms with van der Waals surface area (Å²) >= 11 is 0. The number of aromatic nitrogens is 3. The first-order valence-corrected chi connectivity index (χ1v) is 18.6. The van der Waals surface area contributed by atoms with E-state index in [9.17, 15) is 19.2 Å². The van der Waals surface area contributed by atoms with Crippen LogP contribution in [-0.2, 0) is 14.3 Å². The van der Waals surface area contributed by atoms with Crippen molar-refractivity contribution in [3.63, 3.8) is 0 Å². The molecule has 1 atom stereocenters.